The van der Waals surface area contributed by atoms with E-state index >= 15 is 0 Å². The Hall–Kier alpha value is -0.250. The minimum Gasteiger partial charge on any atom is -0.211 e. The van der Waals surface area contributed by atoms with E-state index in [4.69, 9.17) is 5.26 Å². The quantitative estimate of drug-likeness (QED) is 0.755. The number of hydrogen-bond acceptors (Lipinski definition) is 4. The fourth-order valence-corrected chi connectivity index (χ4v) is 4.03. The van der Waals surface area contributed by atoms with Crippen LogP contribution in [0.4, 0.5) is 0 Å². The summed E-state index contributed by atoms with van der Waals surface area (Å²) < 4.78 is 25.5. The SMILES string of the molecule is CC(C#N)S(=O)(=O)N1CCSC(C)(C)CC1. The van der Waals surface area contributed by atoms with Crippen LogP contribution in [0.1, 0.15) is 27.2 Å². The Morgan fingerprint density at radius 1 is 1.44 bits per heavy atom. The zero-order valence-corrected chi connectivity index (χ0v) is 11.6. The van der Waals surface area contributed by atoms with Gasteiger partial charge in [-0.1, -0.05) is 13.8 Å². The Morgan fingerprint density at radius 2 is 2.06 bits per heavy atom. The van der Waals surface area contributed by atoms with Crippen molar-refractivity contribution in [2.24, 2.45) is 0 Å². The molecule has 0 bridgehead atoms. The molecule has 1 rings (SSSR count). The first-order valence-electron chi connectivity index (χ1n) is 5.32. The molecule has 92 valence electrons. The van der Waals surface area contributed by atoms with Crippen LogP contribution < -0.4 is 0 Å². The molecule has 1 atom stereocenters. The molecule has 0 amide bonds. The van der Waals surface area contributed by atoms with E-state index in [1.165, 1.54) is 11.2 Å². The van der Waals surface area contributed by atoms with Gasteiger partial charge in [0.15, 0.2) is 5.25 Å². The van der Waals surface area contributed by atoms with E-state index in [2.05, 4.69) is 13.8 Å². The molecule has 1 aliphatic heterocycles. The van der Waals surface area contributed by atoms with Crippen molar-refractivity contribution in [1.29, 1.82) is 5.26 Å². The predicted molar refractivity (Wildman–Crippen MR) is 66.7 cm³/mol. The molecule has 0 aromatic heterocycles. The summed E-state index contributed by atoms with van der Waals surface area (Å²) in [6.45, 7) is 6.73. The van der Waals surface area contributed by atoms with E-state index < -0.39 is 15.3 Å². The van der Waals surface area contributed by atoms with Gasteiger partial charge < -0.3 is 0 Å². The Morgan fingerprint density at radius 3 is 2.62 bits per heavy atom. The van der Waals surface area contributed by atoms with Crippen molar-refractivity contribution >= 4 is 21.8 Å². The maximum atomic E-state index is 12.0. The highest BCUT2D eigenvalue weighted by molar-refractivity contribution is 8.00. The summed E-state index contributed by atoms with van der Waals surface area (Å²) in [6.07, 6.45) is 0.828. The molecule has 1 aliphatic rings. The Balaban J connectivity index is 2.80. The molecule has 6 heteroatoms. The van der Waals surface area contributed by atoms with E-state index in [1.807, 2.05) is 6.07 Å². The van der Waals surface area contributed by atoms with Gasteiger partial charge in [-0.2, -0.15) is 21.3 Å². The lowest BCUT2D eigenvalue weighted by Gasteiger charge is -2.23. The summed E-state index contributed by atoms with van der Waals surface area (Å²) in [5.41, 5.74) is 0. The maximum absolute atomic E-state index is 12.0. The van der Waals surface area contributed by atoms with Gasteiger partial charge in [-0.15, -0.1) is 0 Å². The van der Waals surface area contributed by atoms with Crippen molar-refractivity contribution in [3.8, 4) is 6.07 Å². The van der Waals surface area contributed by atoms with Gasteiger partial charge in [-0.25, -0.2) is 8.42 Å². The topological polar surface area (TPSA) is 61.2 Å². The highest BCUT2D eigenvalue weighted by Gasteiger charge is 2.32. The molecule has 1 heterocycles. The van der Waals surface area contributed by atoms with Crippen LogP contribution in [0, 0.1) is 11.3 Å². The van der Waals surface area contributed by atoms with Crippen LogP contribution in [-0.2, 0) is 10.0 Å². The van der Waals surface area contributed by atoms with Crippen LogP contribution >= 0.6 is 11.8 Å². The average Bonchev–Trinajstić information content (AvgIpc) is 2.38. The average molecular weight is 262 g/mol. The first-order valence-corrected chi connectivity index (χ1v) is 7.81. The third-order valence-corrected chi connectivity index (χ3v) is 6.24. The predicted octanol–water partition coefficient (Wildman–Crippen LogP) is 1.45. The highest BCUT2D eigenvalue weighted by atomic mass is 32.2. The summed E-state index contributed by atoms with van der Waals surface area (Å²) in [5.74, 6) is 0.796. The molecule has 0 N–H and O–H groups in total. The van der Waals surface area contributed by atoms with E-state index in [0.717, 1.165) is 12.2 Å². The number of sulfonamides is 1. The molecule has 0 aromatic carbocycles. The van der Waals surface area contributed by atoms with Crippen LogP contribution in [0.25, 0.3) is 0 Å². The normalized spacial score (nSPS) is 24.4. The van der Waals surface area contributed by atoms with E-state index in [9.17, 15) is 8.42 Å². The number of rotatable bonds is 2. The largest absolute Gasteiger partial charge is 0.230 e. The van der Waals surface area contributed by atoms with Gasteiger partial charge >= 0.3 is 0 Å². The molecule has 4 nitrogen and oxygen atoms in total. The minimum atomic E-state index is -3.43. The van der Waals surface area contributed by atoms with Crippen LogP contribution in [0.5, 0.6) is 0 Å². The second-order valence-corrected chi connectivity index (χ2v) is 8.63. The Bertz CT molecular complexity index is 384. The zero-order valence-electron chi connectivity index (χ0n) is 9.93. The van der Waals surface area contributed by atoms with Gasteiger partial charge in [0.2, 0.25) is 10.0 Å². The third-order valence-electron chi connectivity index (χ3n) is 2.79. The number of thioether (sulfide) groups is 1. The molecular weight excluding hydrogens is 244 g/mol. The smallest absolute Gasteiger partial charge is 0.211 e. The second-order valence-electron chi connectivity index (χ2n) is 4.57. The molecule has 0 spiro atoms. The van der Waals surface area contributed by atoms with Crippen LogP contribution in [0.3, 0.4) is 0 Å². The molecule has 0 radical (unpaired) electrons. The number of nitriles is 1. The summed E-state index contributed by atoms with van der Waals surface area (Å²) in [5, 5.41) is 7.77. The lowest BCUT2D eigenvalue weighted by Crippen LogP contribution is -2.38. The van der Waals surface area contributed by atoms with Crippen molar-refractivity contribution in [2.45, 2.75) is 37.2 Å². The minimum absolute atomic E-state index is 0.125. The van der Waals surface area contributed by atoms with Gasteiger partial charge in [-0.3, -0.25) is 0 Å². The molecule has 1 fully saturated rings. The van der Waals surface area contributed by atoms with Crippen LogP contribution in [0.2, 0.25) is 0 Å². The van der Waals surface area contributed by atoms with Crippen molar-refractivity contribution in [2.75, 3.05) is 18.8 Å². The Labute approximate surface area is 102 Å². The first kappa shape index (κ1) is 13.8. The molecule has 1 unspecified atom stereocenters. The van der Waals surface area contributed by atoms with Crippen molar-refractivity contribution in [1.82, 2.24) is 4.31 Å². The van der Waals surface area contributed by atoms with Gasteiger partial charge in [-0.05, 0) is 13.3 Å². The van der Waals surface area contributed by atoms with E-state index in [-0.39, 0.29) is 4.75 Å². The molecule has 16 heavy (non-hydrogen) atoms. The van der Waals surface area contributed by atoms with Gasteiger partial charge in [0.25, 0.3) is 0 Å². The highest BCUT2D eigenvalue weighted by Crippen LogP contribution is 2.31. The molecular formula is C10H18N2O2S2. The molecule has 1 saturated heterocycles. The van der Waals surface area contributed by atoms with Gasteiger partial charge in [0.05, 0.1) is 6.07 Å². The fourth-order valence-electron chi connectivity index (χ4n) is 1.55. The number of hydrogen-bond donors (Lipinski definition) is 0. The lowest BCUT2D eigenvalue weighted by atomic mass is 10.1. The second kappa shape index (κ2) is 4.94. The summed E-state index contributed by atoms with van der Waals surface area (Å²) >= 11 is 1.79. The van der Waals surface area contributed by atoms with Crippen molar-refractivity contribution in [3.05, 3.63) is 0 Å². The maximum Gasteiger partial charge on any atom is 0.230 e. The van der Waals surface area contributed by atoms with Crippen LogP contribution in [0.15, 0.2) is 0 Å². The lowest BCUT2D eigenvalue weighted by molar-refractivity contribution is 0.413. The first-order chi connectivity index (χ1) is 7.29. The zero-order chi connectivity index (χ0) is 12.4. The summed E-state index contributed by atoms with van der Waals surface area (Å²) in [4.78, 5) is 0. The number of nitrogens with zero attached hydrogens (tertiary/aromatic N) is 2. The van der Waals surface area contributed by atoms with E-state index in [1.54, 1.807) is 11.8 Å². The fraction of sp³-hybridized carbons (Fsp3) is 0.900. The monoisotopic (exact) mass is 262 g/mol. The molecule has 0 saturated carbocycles. The van der Waals surface area contributed by atoms with Gasteiger partial charge in [0, 0.05) is 23.6 Å². The van der Waals surface area contributed by atoms with E-state index in [0.29, 0.717) is 13.1 Å². The molecule has 0 aliphatic carbocycles. The third kappa shape index (κ3) is 3.12. The summed E-state index contributed by atoms with van der Waals surface area (Å²) in [6, 6.07) is 1.81. The summed E-state index contributed by atoms with van der Waals surface area (Å²) in [7, 11) is -3.43. The van der Waals surface area contributed by atoms with Crippen LogP contribution in [-0.4, -0.2) is 41.6 Å². The van der Waals surface area contributed by atoms with Crippen molar-refractivity contribution < 1.29 is 8.42 Å². The van der Waals surface area contributed by atoms with Crippen molar-refractivity contribution in [3.63, 3.8) is 0 Å². The van der Waals surface area contributed by atoms with Gasteiger partial charge in [0.1, 0.15) is 0 Å². The molecule has 0 aromatic rings. The standard InChI is InChI=1S/C10H18N2O2S2/c1-9(8-11)16(13,14)12-5-4-10(2,3)15-7-6-12/h9H,4-7H2,1-3H3. The Kier molecular flexibility index (Phi) is 4.27.